The molecule has 0 bridgehead atoms. The van der Waals surface area contributed by atoms with Crippen LogP contribution in [0, 0.1) is 17.8 Å². The second kappa shape index (κ2) is 9.78. The van der Waals surface area contributed by atoms with Crippen molar-refractivity contribution < 1.29 is 24.2 Å². The van der Waals surface area contributed by atoms with E-state index in [0.29, 0.717) is 13.0 Å². The van der Waals surface area contributed by atoms with Crippen LogP contribution in [0.4, 0.5) is 4.79 Å². The minimum Gasteiger partial charge on any atom is -0.480 e. The summed E-state index contributed by atoms with van der Waals surface area (Å²) in [5.41, 5.74) is 4.55. The lowest BCUT2D eigenvalue weighted by atomic mass is 9.94. The van der Waals surface area contributed by atoms with Crippen molar-refractivity contribution in [1.29, 1.82) is 0 Å². The lowest BCUT2D eigenvalue weighted by Crippen LogP contribution is -2.49. The van der Waals surface area contributed by atoms with Gasteiger partial charge in [-0.05, 0) is 46.9 Å². The molecule has 1 saturated heterocycles. The zero-order valence-corrected chi connectivity index (χ0v) is 18.4. The van der Waals surface area contributed by atoms with Gasteiger partial charge in [0.05, 0.1) is 6.54 Å². The molecule has 7 nitrogen and oxygen atoms in total. The molecule has 1 aliphatic heterocycles. The number of nitrogens with one attached hydrogen (secondary N) is 1. The summed E-state index contributed by atoms with van der Waals surface area (Å²) in [5, 5.41) is 11.9. The Kier molecular flexibility index (Phi) is 6.64. The summed E-state index contributed by atoms with van der Waals surface area (Å²) in [4.78, 5) is 37.3. The van der Waals surface area contributed by atoms with E-state index < -0.39 is 24.0 Å². The van der Waals surface area contributed by atoms with Crippen molar-refractivity contribution in [2.45, 2.75) is 31.7 Å². The van der Waals surface area contributed by atoms with Gasteiger partial charge in [0.25, 0.3) is 5.91 Å². The number of likely N-dealkylation sites (tertiary alicyclic amines) is 1. The highest BCUT2D eigenvalue weighted by molar-refractivity contribution is 5.96. The molecular formula is C26H26N2O5. The van der Waals surface area contributed by atoms with Crippen LogP contribution in [0.1, 0.15) is 36.8 Å². The quantitative estimate of drug-likeness (QED) is 0.703. The van der Waals surface area contributed by atoms with Crippen LogP contribution < -0.4 is 5.32 Å². The van der Waals surface area contributed by atoms with Crippen LogP contribution in [0.3, 0.4) is 0 Å². The molecule has 2 atom stereocenters. The molecule has 2 aliphatic rings. The van der Waals surface area contributed by atoms with E-state index in [1.165, 1.54) is 4.90 Å². The zero-order valence-electron chi connectivity index (χ0n) is 18.4. The second-order valence-corrected chi connectivity index (χ2v) is 8.47. The van der Waals surface area contributed by atoms with E-state index in [1.54, 1.807) is 0 Å². The highest BCUT2D eigenvalue weighted by atomic mass is 16.5. The summed E-state index contributed by atoms with van der Waals surface area (Å²) in [6.45, 7) is 2.47. The van der Waals surface area contributed by atoms with Gasteiger partial charge in [0.1, 0.15) is 12.6 Å². The monoisotopic (exact) mass is 446 g/mol. The maximum absolute atomic E-state index is 12.4. The van der Waals surface area contributed by atoms with Crippen LogP contribution in [0.15, 0.2) is 48.5 Å². The van der Waals surface area contributed by atoms with Crippen LogP contribution in [0.5, 0.6) is 0 Å². The Morgan fingerprint density at radius 2 is 1.70 bits per heavy atom. The van der Waals surface area contributed by atoms with Crippen LogP contribution in [-0.4, -0.2) is 53.7 Å². The molecule has 33 heavy (non-hydrogen) atoms. The number of carboxylic acids is 1. The molecule has 2 aromatic rings. The van der Waals surface area contributed by atoms with Gasteiger partial charge in [0, 0.05) is 12.5 Å². The van der Waals surface area contributed by atoms with E-state index in [0.717, 1.165) is 28.7 Å². The van der Waals surface area contributed by atoms with E-state index in [-0.39, 0.29) is 25.0 Å². The van der Waals surface area contributed by atoms with Gasteiger partial charge in [0.2, 0.25) is 0 Å². The maximum Gasteiger partial charge on any atom is 0.407 e. The number of rotatable bonds is 4. The molecule has 2 aromatic carbocycles. The average molecular weight is 447 g/mol. The van der Waals surface area contributed by atoms with Crippen molar-refractivity contribution in [1.82, 2.24) is 10.2 Å². The Morgan fingerprint density at radius 3 is 2.33 bits per heavy atom. The predicted molar refractivity (Wildman–Crippen MR) is 122 cm³/mol. The highest BCUT2D eigenvalue weighted by Crippen LogP contribution is 2.44. The smallest absolute Gasteiger partial charge is 0.407 e. The molecule has 1 aliphatic carbocycles. The molecule has 4 rings (SSSR count). The average Bonchev–Trinajstić information content (AvgIpc) is 3.14. The fourth-order valence-corrected chi connectivity index (χ4v) is 4.59. The van der Waals surface area contributed by atoms with Crippen LogP contribution in [-0.2, 0) is 14.3 Å². The molecule has 0 spiro atoms. The van der Waals surface area contributed by atoms with Crippen molar-refractivity contribution >= 4 is 18.0 Å². The maximum atomic E-state index is 12.4. The predicted octanol–water partition coefficient (Wildman–Crippen LogP) is 3.24. The largest absolute Gasteiger partial charge is 0.480 e. The molecule has 2 N–H and O–H groups in total. The first-order valence-electron chi connectivity index (χ1n) is 11.1. The molecule has 7 heteroatoms. The molecule has 1 fully saturated rings. The number of carbonyl (C=O) groups is 3. The second-order valence-electron chi connectivity index (χ2n) is 8.47. The number of amides is 2. The van der Waals surface area contributed by atoms with E-state index in [1.807, 2.05) is 43.3 Å². The summed E-state index contributed by atoms with van der Waals surface area (Å²) < 4.78 is 5.43. The summed E-state index contributed by atoms with van der Waals surface area (Å²) in [5.74, 6) is 3.67. The standard InChI is InChI=1S/C26H26N2O5/c1-17-12-13-23(25(30)31)28(15-17)24(29)11-6-14-27-26(32)33-16-22-20-9-4-2-7-18(20)19-8-3-5-10-21(19)22/h2-5,7-10,17,22-23H,12-16H2,1H3,(H,27,32)(H,30,31). The minimum atomic E-state index is -1.02. The lowest BCUT2D eigenvalue weighted by molar-refractivity contribution is -0.150. The zero-order chi connectivity index (χ0) is 23.4. The number of benzene rings is 2. The van der Waals surface area contributed by atoms with Gasteiger partial charge >= 0.3 is 12.1 Å². The molecule has 0 aromatic heterocycles. The van der Waals surface area contributed by atoms with Crippen LogP contribution in [0.25, 0.3) is 11.1 Å². The van der Waals surface area contributed by atoms with Gasteiger partial charge in [-0.15, -0.1) is 0 Å². The third-order valence-electron chi connectivity index (χ3n) is 6.22. The number of nitrogens with zero attached hydrogens (tertiary/aromatic N) is 1. The number of fused-ring (bicyclic) bond motifs is 3. The summed E-state index contributed by atoms with van der Waals surface area (Å²) >= 11 is 0. The molecule has 2 amide bonds. The molecule has 1 heterocycles. The van der Waals surface area contributed by atoms with Crippen molar-refractivity contribution in [3.8, 4) is 23.0 Å². The van der Waals surface area contributed by atoms with Gasteiger partial charge in [-0.1, -0.05) is 61.4 Å². The summed E-state index contributed by atoms with van der Waals surface area (Å²) in [7, 11) is 0. The van der Waals surface area contributed by atoms with Crippen LogP contribution >= 0.6 is 0 Å². The number of alkyl carbamates (subject to hydrolysis) is 1. The molecule has 170 valence electrons. The Bertz CT molecular complexity index is 1090. The van der Waals surface area contributed by atoms with E-state index >= 15 is 0 Å². The van der Waals surface area contributed by atoms with E-state index in [9.17, 15) is 19.5 Å². The Morgan fingerprint density at radius 1 is 1.06 bits per heavy atom. The first-order valence-corrected chi connectivity index (χ1v) is 11.1. The number of hydrogen-bond acceptors (Lipinski definition) is 4. The van der Waals surface area contributed by atoms with Gasteiger partial charge in [-0.3, -0.25) is 4.79 Å². The first-order chi connectivity index (χ1) is 16.0. The number of ether oxygens (including phenoxy) is 1. The highest BCUT2D eigenvalue weighted by Gasteiger charge is 2.34. The summed E-state index contributed by atoms with van der Waals surface area (Å²) in [6.07, 6.45) is 0.563. The topological polar surface area (TPSA) is 95.9 Å². The first kappa shape index (κ1) is 22.4. The molecule has 2 unspecified atom stereocenters. The Balaban J connectivity index is 1.30. The Hall–Kier alpha value is -3.79. The minimum absolute atomic E-state index is 0.0372. The molecule has 0 saturated carbocycles. The normalized spacial score (nSPS) is 19.0. The van der Waals surface area contributed by atoms with Gasteiger partial charge in [-0.2, -0.15) is 0 Å². The van der Waals surface area contributed by atoms with Gasteiger partial charge in [-0.25, -0.2) is 9.59 Å². The fraction of sp³-hybridized carbons (Fsp3) is 0.346. The SMILES string of the molecule is CC1CCC(C(=O)O)N(C(=O)C#CCNC(=O)OCC2c3ccccc3-c3ccccc32)C1. The third-order valence-corrected chi connectivity index (χ3v) is 6.22. The number of piperidine rings is 1. The summed E-state index contributed by atoms with van der Waals surface area (Å²) in [6, 6.07) is 15.3. The van der Waals surface area contributed by atoms with E-state index in [4.69, 9.17) is 4.74 Å². The van der Waals surface area contributed by atoms with Crippen LogP contribution in [0.2, 0.25) is 0 Å². The number of aliphatic carboxylic acids is 1. The molecule has 0 radical (unpaired) electrons. The van der Waals surface area contributed by atoms with Crippen molar-refractivity contribution in [3.63, 3.8) is 0 Å². The van der Waals surface area contributed by atoms with Crippen molar-refractivity contribution in [2.24, 2.45) is 5.92 Å². The lowest BCUT2D eigenvalue weighted by Gasteiger charge is -2.34. The number of carbonyl (C=O) groups excluding carboxylic acids is 2. The van der Waals surface area contributed by atoms with Crippen molar-refractivity contribution in [2.75, 3.05) is 19.7 Å². The third kappa shape index (κ3) is 4.85. The Labute approximate surface area is 192 Å². The van der Waals surface area contributed by atoms with E-state index in [2.05, 4.69) is 29.3 Å². The van der Waals surface area contributed by atoms with Crippen molar-refractivity contribution in [3.05, 3.63) is 59.7 Å². The fourth-order valence-electron chi connectivity index (χ4n) is 4.59. The van der Waals surface area contributed by atoms with Gasteiger partial charge < -0.3 is 20.1 Å². The van der Waals surface area contributed by atoms with Gasteiger partial charge in [0.15, 0.2) is 0 Å². The number of carboxylic acid groups (broad SMARTS) is 1. The molecular weight excluding hydrogens is 420 g/mol. The number of hydrogen-bond donors (Lipinski definition) is 2.